The minimum atomic E-state index is -0.0857. The van der Waals surface area contributed by atoms with Crippen molar-refractivity contribution in [2.45, 2.75) is 64.2 Å². The van der Waals surface area contributed by atoms with Crippen LogP contribution in [0.25, 0.3) is 0 Å². The lowest BCUT2D eigenvalue weighted by Crippen LogP contribution is -2.26. The van der Waals surface area contributed by atoms with Gasteiger partial charge in [0.15, 0.2) is 0 Å². The monoisotopic (exact) mass is 261 g/mol. The number of amides is 2. The summed E-state index contributed by atoms with van der Waals surface area (Å²) in [6, 6.07) is 0. The summed E-state index contributed by atoms with van der Waals surface area (Å²) in [5, 5.41) is 2.56. The van der Waals surface area contributed by atoms with Gasteiger partial charge < -0.3 is 0 Å². The molecule has 0 atom stereocenters. The van der Waals surface area contributed by atoms with Crippen molar-refractivity contribution in [1.29, 1.82) is 0 Å². The smallest absolute Gasteiger partial charge is 0.254 e. The number of hydrogen-bond donors (Lipinski definition) is 1. The molecule has 2 amide bonds. The average Bonchev–Trinajstić information content (AvgIpc) is 2.75. The van der Waals surface area contributed by atoms with Gasteiger partial charge in [-0.3, -0.25) is 14.9 Å². The molecule has 0 bridgehead atoms. The zero-order valence-electron chi connectivity index (χ0n) is 11.5. The van der Waals surface area contributed by atoms with Crippen LogP contribution >= 0.6 is 0 Å². The van der Waals surface area contributed by atoms with Crippen LogP contribution in [0.15, 0.2) is 11.1 Å². The van der Waals surface area contributed by atoms with E-state index in [1.807, 2.05) is 0 Å². The molecule has 0 spiro atoms. The summed E-state index contributed by atoms with van der Waals surface area (Å²) in [6.45, 7) is 0. The topological polar surface area (TPSA) is 46.2 Å². The molecule has 2 saturated carbocycles. The molecule has 0 aromatic heterocycles. The summed E-state index contributed by atoms with van der Waals surface area (Å²) in [5.41, 5.74) is 1.74. The molecule has 0 aromatic carbocycles. The molecule has 3 aliphatic rings. The standard InChI is InChI=1S/C16H23NO2/c18-15-13(11-7-3-1-4-8-11)14(16(19)17-15)12-9-5-2-6-10-12/h11-12H,1-10H2,(H,17,18,19). The predicted octanol–water partition coefficient (Wildman–Crippen LogP) is 3.10. The minimum absolute atomic E-state index is 0.0857. The molecule has 2 fully saturated rings. The van der Waals surface area contributed by atoms with Crippen LogP contribution in [0.1, 0.15) is 64.2 Å². The van der Waals surface area contributed by atoms with Gasteiger partial charge in [-0.15, -0.1) is 0 Å². The van der Waals surface area contributed by atoms with Gasteiger partial charge >= 0.3 is 0 Å². The van der Waals surface area contributed by atoms with Crippen molar-refractivity contribution in [2.75, 3.05) is 0 Å². The quantitative estimate of drug-likeness (QED) is 0.776. The van der Waals surface area contributed by atoms with Crippen molar-refractivity contribution in [2.24, 2.45) is 11.8 Å². The summed E-state index contributed by atoms with van der Waals surface area (Å²) in [6.07, 6.45) is 11.7. The fourth-order valence-corrected chi connectivity index (χ4v) is 4.08. The third-order valence-corrected chi connectivity index (χ3v) is 5.03. The number of nitrogens with one attached hydrogen (secondary N) is 1. The summed E-state index contributed by atoms with van der Waals surface area (Å²) >= 11 is 0. The highest BCUT2D eigenvalue weighted by Gasteiger charge is 2.38. The largest absolute Gasteiger partial charge is 0.289 e. The summed E-state index contributed by atoms with van der Waals surface area (Å²) in [5.74, 6) is 0.518. The van der Waals surface area contributed by atoms with E-state index in [2.05, 4.69) is 5.32 Å². The van der Waals surface area contributed by atoms with E-state index < -0.39 is 0 Å². The maximum atomic E-state index is 12.1. The van der Waals surface area contributed by atoms with E-state index >= 15 is 0 Å². The minimum Gasteiger partial charge on any atom is -0.289 e. The number of carbonyl (C=O) groups is 2. The fraction of sp³-hybridized carbons (Fsp3) is 0.750. The van der Waals surface area contributed by atoms with Gasteiger partial charge in [0, 0.05) is 11.1 Å². The van der Waals surface area contributed by atoms with E-state index in [0.717, 1.165) is 36.8 Å². The predicted molar refractivity (Wildman–Crippen MR) is 73.3 cm³/mol. The van der Waals surface area contributed by atoms with Gasteiger partial charge in [-0.05, 0) is 37.5 Å². The van der Waals surface area contributed by atoms with Crippen molar-refractivity contribution in [3.63, 3.8) is 0 Å². The molecule has 0 saturated heterocycles. The Morgan fingerprint density at radius 3 is 1.37 bits per heavy atom. The first-order valence-corrected chi connectivity index (χ1v) is 7.87. The molecule has 104 valence electrons. The molecule has 1 N–H and O–H groups in total. The first-order valence-electron chi connectivity index (χ1n) is 7.87. The Morgan fingerprint density at radius 2 is 1.00 bits per heavy atom. The average molecular weight is 261 g/mol. The van der Waals surface area contributed by atoms with Crippen molar-refractivity contribution in [1.82, 2.24) is 5.32 Å². The van der Waals surface area contributed by atoms with Gasteiger partial charge in [-0.1, -0.05) is 38.5 Å². The van der Waals surface area contributed by atoms with Gasteiger partial charge in [0.25, 0.3) is 11.8 Å². The van der Waals surface area contributed by atoms with Crippen LogP contribution in [-0.4, -0.2) is 11.8 Å². The lowest BCUT2D eigenvalue weighted by molar-refractivity contribution is -0.124. The second-order valence-electron chi connectivity index (χ2n) is 6.28. The molecule has 2 aliphatic carbocycles. The molecule has 3 heteroatoms. The number of imide groups is 1. The highest BCUT2D eigenvalue weighted by atomic mass is 16.2. The van der Waals surface area contributed by atoms with Gasteiger partial charge in [-0.25, -0.2) is 0 Å². The summed E-state index contributed by atoms with van der Waals surface area (Å²) in [7, 11) is 0. The Bertz CT molecular complexity index is 374. The number of carbonyl (C=O) groups excluding carboxylic acids is 2. The molecule has 0 unspecified atom stereocenters. The third-order valence-electron chi connectivity index (χ3n) is 5.03. The van der Waals surface area contributed by atoms with E-state index in [4.69, 9.17) is 0 Å². The first kappa shape index (κ1) is 12.9. The Morgan fingerprint density at radius 1 is 0.632 bits per heavy atom. The van der Waals surface area contributed by atoms with E-state index in [0.29, 0.717) is 11.8 Å². The van der Waals surface area contributed by atoms with E-state index in [1.54, 1.807) is 0 Å². The molecule has 0 radical (unpaired) electrons. The van der Waals surface area contributed by atoms with Crippen LogP contribution in [0.5, 0.6) is 0 Å². The van der Waals surface area contributed by atoms with Crippen LogP contribution in [0, 0.1) is 11.8 Å². The van der Waals surface area contributed by atoms with Crippen molar-refractivity contribution in [3.8, 4) is 0 Å². The maximum absolute atomic E-state index is 12.1. The van der Waals surface area contributed by atoms with Crippen LogP contribution in [0.4, 0.5) is 0 Å². The van der Waals surface area contributed by atoms with Gasteiger partial charge in [0.1, 0.15) is 0 Å². The lowest BCUT2D eigenvalue weighted by atomic mass is 9.76. The first-order chi connectivity index (χ1) is 9.27. The Kier molecular flexibility index (Phi) is 3.72. The normalized spacial score (nSPS) is 26.9. The third kappa shape index (κ3) is 2.47. The maximum Gasteiger partial charge on any atom is 0.254 e. The summed E-state index contributed by atoms with van der Waals surface area (Å²) in [4.78, 5) is 24.3. The highest BCUT2D eigenvalue weighted by Crippen LogP contribution is 2.39. The second-order valence-corrected chi connectivity index (χ2v) is 6.28. The zero-order valence-corrected chi connectivity index (χ0v) is 11.5. The van der Waals surface area contributed by atoms with Crippen LogP contribution in [-0.2, 0) is 9.59 Å². The van der Waals surface area contributed by atoms with E-state index in [1.165, 1.54) is 38.5 Å². The molecule has 3 nitrogen and oxygen atoms in total. The van der Waals surface area contributed by atoms with Gasteiger partial charge in [0.05, 0.1) is 0 Å². The van der Waals surface area contributed by atoms with Gasteiger partial charge in [0.2, 0.25) is 0 Å². The van der Waals surface area contributed by atoms with Crippen molar-refractivity contribution < 1.29 is 9.59 Å². The fourth-order valence-electron chi connectivity index (χ4n) is 4.08. The summed E-state index contributed by atoms with van der Waals surface area (Å²) < 4.78 is 0. The van der Waals surface area contributed by atoms with E-state index in [-0.39, 0.29) is 11.8 Å². The van der Waals surface area contributed by atoms with Crippen molar-refractivity contribution in [3.05, 3.63) is 11.1 Å². The van der Waals surface area contributed by atoms with Crippen LogP contribution in [0.2, 0.25) is 0 Å². The Labute approximate surface area is 114 Å². The molecule has 1 heterocycles. The second kappa shape index (κ2) is 5.48. The Balaban J connectivity index is 1.90. The van der Waals surface area contributed by atoms with Crippen LogP contribution in [0.3, 0.4) is 0 Å². The zero-order chi connectivity index (χ0) is 13.2. The Hall–Kier alpha value is -1.12. The molecular weight excluding hydrogens is 238 g/mol. The lowest BCUT2D eigenvalue weighted by Gasteiger charge is -2.26. The molecule has 0 aromatic rings. The highest BCUT2D eigenvalue weighted by molar-refractivity contribution is 6.19. The van der Waals surface area contributed by atoms with Crippen molar-refractivity contribution >= 4 is 11.8 Å². The van der Waals surface area contributed by atoms with Gasteiger partial charge in [-0.2, -0.15) is 0 Å². The SMILES string of the molecule is O=C1NC(=O)C(C2CCCCC2)=C1C1CCCCC1. The molecule has 19 heavy (non-hydrogen) atoms. The number of hydrogen-bond acceptors (Lipinski definition) is 2. The molecular formula is C16H23NO2. The number of rotatable bonds is 2. The van der Waals surface area contributed by atoms with E-state index in [9.17, 15) is 9.59 Å². The van der Waals surface area contributed by atoms with Crippen LogP contribution < -0.4 is 5.32 Å². The molecule has 1 aliphatic heterocycles. The molecule has 3 rings (SSSR count).